The van der Waals surface area contributed by atoms with Gasteiger partial charge in [0.05, 0.1) is 32.3 Å². The van der Waals surface area contributed by atoms with E-state index < -0.39 is 0 Å². The van der Waals surface area contributed by atoms with Gasteiger partial charge in [0.15, 0.2) is 4.77 Å². The van der Waals surface area contributed by atoms with Crippen molar-refractivity contribution in [1.29, 1.82) is 0 Å². The molecule has 6 heteroatoms. The Morgan fingerprint density at radius 1 is 1.67 bits per heavy atom. The number of nitrogens with zero attached hydrogens (tertiary/aromatic N) is 2. The first-order chi connectivity index (χ1) is 7.33. The van der Waals surface area contributed by atoms with Crippen molar-refractivity contribution in [3.8, 4) is 0 Å². The highest BCUT2D eigenvalue weighted by Gasteiger charge is 2.25. The Bertz CT molecular complexity index is 370. The van der Waals surface area contributed by atoms with Crippen LogP contribution in [0.4, 0.5) is 0 Å². The molecule has 15 heavy (non-hydrogen) atoms. The molecule has 1 fully saturated rings. The summed E-state index contributed by atoms with van der Waals surface area (Å²) in [6.45, 7) is 5.63. The lowest BCUT2D eigenvalue weighted by Gasteiger charge is -2.25. The molecule has 1 aromatic heterocycles. The minimum Gasteiger partial charge on any atom is -0.380 e. The SMILES string of the molecule is CCOCCn1c(C2COC2)n[nH]c1=S. The number of nitrogens with one attached hydrogen (secondary N) is 1. The molecule has 2 rings (SSSR count). The smallest absolute Gasteiger partial charge is 0.195 e. The van der Waals surface area contributed by atoms with Crippen molar-refractivity contribution in [2.24, 2.45) is 0 Å². The first-order valence-corrected chi connectivity index (χ1v) is 5.54. The number of hydrogen-bond donors (Lipinski definition) is 1. The minimum absolute atomic E-state index is 0.388. The third-order valence-electron chi connectivity index (χ3n) is 2.45. The maximum absolute atomic E-state index is 5.31. The molecule has 1 N–H and O–H groups in total. The van der Waals surface area contributed by atoms with Crippen LogP contribution < -0.4 is 0 Å². The molecule has 2 heterocycles. The van der Waals surface area contributed by atoms with Gasteiger partial charge in [-0.05, 0) is 19.1 Å². The second-order valence-corrected chi connectivity index (χ2v) is 3.86. The zero-order valence-electron chi connectivity index (χ0n) is 8.73. The van der Waals surface area contributed by atoms with Gasteiger partial charge in [-0.1, -0.05) is 0 Å². The van der Waals surface area contributed by atoms with Crippen molar-refractivity contribution >= 4 is 12.2 Å². The molecule has 1 aliphatic heterocycles. The Morgan fingerprint density at radius 2 is 2.47 bits per heavy atom. The largest absolute Gasteiger partial charge is 0.380 e. The maximum atomic E-state index is 5.31. The zero-order valence-corrected chi connectivity index (χ0v) is 9.55. The van der Waals surface area contributed by atoms with Crippen LogP contribution in [0.25, 0.3) is 0 Å². The van der Waals surface area contributed by atoms with E-state index in [-0.39, 0.29) is 0 Å². The van der Waals surface area contributed by atoms with E-state index in [0.29, 0.717) is 17.3 Å². The van der Waals surface area contributed by atoms with Gasteiger partial charge in [0.1, 0.15) is 5.82 Å². The lowest BCUT2D eigenvalue weighted by atomic mass is 10.1. The Kier molecular flexibility index (Phi) is 3.50. The van der Waals surface area contributed by atoms with E-state index in [2.05, 4.69) is 10.2 Å². The molecule has 5 nitrogen and oxygen atoms in total. The molecule has 0 aromatic carbocycles. The zero-order chi connectivity index (χ0) is 10.7. The normalized spacial score (nSPS) is 16.6. The molecule has 0 unspecified atom stereocenters. The van der Waals surface area contributed by atoms with Gasteiger partial charge in [-0.15, -0.1) is 0 Å². The Hall–Kier alpha value is -0.720. The fourth-order valence-electron chi connectivity index (χ4n) is 1.54. The average Bonchev–Trinajstić information content (AvgIpc) is 2.47. The van der Waals surface area contributed by atoms with E-state index in [0.717, 1.165) is 32.2 Å². The van der Waals surface area contributed by atoms with Crippen molar-refractivity contribution < 1.29 is 9.47 Å². The summed E-state index contributed by atoms with van der Waals surface area (Å²) in [5.74, 6) is 1.38. The summed E-state index contributed by atoms with van der Waals surface area (Å²) in [5, 5.41) is 7.04. The predicted molar refractivity (Wildman–Crippen MR) is 57.5 cm³/mol. The van der Waals surface area contributed by atoms with Gasteiger partial charge in [0, 0.05) is 6.61 Å². The molecule has 0 saturated carbocycles. The molecular weight excluding hydrogens is 214 g/mol. The van der Waals surface area contributed by atoms with Crippen LogP contribution in [-0.4, -0.2) is 41.2 Å². The number of aromatic amines is 1. The lowest BCUT2D eigenvalue weighted by Crippen LogP contribution is -2.28. The summed E-state index contributed by atoms with van der Waals surface area (Å²) in [4.78, 5) is 0. The van der Waals surface area contributed by atoms with Crippen molar-refractivity contribution in [2.45, 2.75) is 19.4 Å². The van der Waals surface area contributed by atoms with Crippen molar-refractivity contribution in [1.82, 2.24) is 14.8 Å². The molecule has 0 spiro atoms. The summed E-state index contributed by atoms with van der Waals surface area (Å²) in [6.07, 6.45) is 0. The van der Waals surface area contributed by atoms with Crippen LogP contribution >= 0.6 is 12.2 Å². The van der Waals surface area contributed by atoms with Crippen LogP contribution in [0.3, 0.4) is 0 Å². The molecular formula is C9H15N3O2S. The van der Waals surface area contributed by atoms with Gasteiger partial charge in [-0.3, -0.25) is 5.10 Å². The summed E-state index contributed by atoms with van der Waals surface area (Å²) in [5.41, 5.74) is 0. The number of ether oxygens (including phenoxy) is 2. The predicted octanol–water partition coefficient (Wildman–Crippen LogP) is 1.09. The molecule has 0 amide bonds. The Morgan fingerprint density at radius 3 is 3.07 bits per heavy atom. The highest BCUT2D eigenvalue weighted by molar-refractivity contribution is 7.71. The van der Waals surface area contributed by atoms with Gasteiger partial charge < -0.3 is 14.0 Å². The molecule has 84 valence electrons. The fourth-order valence-corrected chi connectivity index (χ4v) is 1.77. The van der Waals surface area contributed by atoms with Gasteiger partial charge in [-0.2, -0.15) is 5.10 Å². The Balaban J connectivity index is 2.06. The van der Waals surface area contributed by atoms with E-state index >= 15 is 0 Å². The second-order valence-electron chi connectivity index (χ2n) is 3.47. The number of hydrogen-bond acceptors (Lipinski definition) is 4. The van der Waals surface area contributed by atoms with Crippen molar-refractivity contribution in [3.05, 3.63) is 10.6 Å². The summed E-state index contributed by atoms with van der Waals surface area (Å²) in [6, 6.07) is 0. The molecule has 1 aliphatic rings. The van der Waals surface area contributed by atoms with E-state index in [1.165, 1.54) is 0 Å². The minimum atomic E-state index is 0.388. The maximum Gasteiger partial charge on any atom is 0.195 e. The summed E-state index contributed by atoms with van der Waals surface area (Å²) in [7, 11) is 0. The molecule has 1 aromatic rings. The van der Waals surface area contributed by atoms with Crippen LogP contribution in [0.1, 0.15) is 18.7 Å². The van der Waals surface area contributed by atoms with Crippen LogP contribution in [-0.2, 0) is 16.0 Å². The van der Waals surface area contributed by atoms with Crippen molar-refractivity contribution in [3.63, 3.8) is 0 Å². The monoisotopic (exact) mass is 229 g/mol. The number of rotatable bonds is 5. The van der Waals surface area contributed by atoms with Crippen LogP contribution in [0, 0.1) is 4.77 Å². The number of aromatic nitrogens is 3. The standard InChI is InChI=1S/C9H15N3O2S/c1-2-13-4-3-12-8(7-5-14-6-7)10-11-9(12)15/h7H,2-6H2,1H3,(H,11,15). The van der Waals surface area contributed by atoms with Crippen LogP contribution in [0.2, 0.25) is 0 Å². The first-order valence-electron chi connectivity index (χ1n) is 5.13. The first kappa shape index (κ1) is 10.8. The van der Waals surface area contributed by atoms with E-state index in [9.17, 15) is 0 Å². The molecule has 0 bridgehead atoms. The highest BCUT2D eigenvalue weighted by atomic mass is 32.1. The second kappa shape index (κ2) is 4.87. The van der Waals surface area contributed by atoms with E-state index in [1.807, 2.05) is 11.5 Å². The summed E-state index contributed by atoms with van der Waals surface area (Å²) < 4.78 is 13.1. The molecule has 0 radical (unpaired) electrons. The van der Waals surface area contributed by atoms with Crippen LogP contribution in [0.5, 0.6) is 0 Å². The van der Waals surface area contributed by atoms with Gasteiger partial charge in [-0.25, -0.2) is 0 Å². The average molecular weight is 229 g/mol. The topological polar surface area (TPSA) is 52.1 Å². The van der Waals surface area contributed by atoms with Gasteiger partial charge in [0.25, 0.3) is 0 Å². The molecule has 0 aliphatic carbocycles. The number of H-pyrrole nitrogens is 1. The highest BCUT2D eigenvalue weighted by Crippen LogP contribution is 2.21. The molecule has 0 atom stereocenters. The quantitative estimate of drug-likeness (QED) is 0.606. The van der Waals surface area contributed by atoms with Crippen molar-refractivity contribution in [2.75, 3.05) is 26.4 Å². The van der Waals surface area contributed by atoms with E-state index in [4.69, 9.17) is 21.7 Å². The van der Waals surface area contributed by atoms with Gasteiger partial charge in [0.2, 0.25) is 0 Å². The third kappa shape index (κ3) is 2.27. The Labute approximate surface area is 93.4 Å². The lowest BCUT2D eigenvalue weighted by molar-refractivity contribution is 0.00274. The van der Waals surface area contributed by atoms with Gasteiger partial charge >= 0.3 is 0 Å². The van der Waals surface area contributed by atoms with E-state index in [1.54, 1.807) is 0 Å². The summed E-state index contributed by atoms with van der Waals surface area (Å²) >= 11 is 5.16. The third-order valence-corrected chi connectivity index (χ3v) is 2.77. The van der Waals surface area contributed by atoms with Crippen LogP contribution in [0.15, 0.2) is 0 Å². The molecule has 1 saturated heterocycles. The fraction of sp³-hybridized carbons (Fsp3) is 0.778.